The molecular weight excluding hydrogens is 210 g/mol. The quantitative estimate of drug-likeness (QED) is 0.866. The topological polar surface area (TPSA) is 21.3 Å². The third-order valence-corrected chi connectivity index (χ3v) is 3.64. The molecule has 0 aromatic heterocycles. The molecule has 0 radical (unpaired) electrons. The lowest BCUT2D eigenvalue weighted by Gasteiger charge is -2.42. The van der Waals surface area contributed by atoms with Gasteiger partial charge >= 0.3 is 0 Å². The third-order valence-electron chi connectivity index (χ3n) is 3.64. The molecular formula is C15H23NO. The Hall–Kier alpha value is -0.860. The van der Waals surface area contributed by atoms with Crippen LogP contribution in [0.2, 0.25) is 0 Å². The molecule has 0 atom stereocenters. The SMILES string of the molecule is CNCC1(c2ccc(C(C)(C)C)cc2)COC1. The standard InChI is InChI=1S/C15H23NO/c1-14(2,3)12-5-7-13(8-6-12)15(9-16-4)10-17-11-15/h5-8,16H,9-11H2,1-4H3. The molecule has 0 saturated carbocycles. The van der Waals surface area contributed by atoms with Crippen LogP contribution in [0.3, 0.4) is 0 Å². The van der Waals surface area contributed by atoms with E-state index in [-0.39, 0.29) is 10.8 Å². The van der Waals surface area contributed by atoms with Crippen molar-refractivity contribution in [3.8, 4) is 0 Å². The zero-order valence-electron chi connectivity index (χ0n) is 11.3. The van der Waals surface area contributed by atoms with Gasteiger partial charge in [-0.15, -0.1) is 0 Å². The van der Waals surface area contributed by atoms with Crippen LogP contribution in [0, 0.1) is 0 Å². The Morgan fingerprint density at radius 2 is 1.76 bits per heavy atom. The number of benzene rings is 1. The Bertz CT molecular complexity index is 371. The van der Waals surface area contributed by atoms with Crippen LogP contribution in [0.5, 0.6) is 0 Å². The molecule has 2 nitrogen and oxygen atoms in total. The molecule has 2 heteroatoms. The number of likely N-dealkylation sites (N-methyl/N-ethyl adjacent to an activating group) is 1. The summed E-state index contributed by atoms with van der Waals surface area (Å²) in [5.74, 6) is 0. The largest absolute Gasteiger partial charge is 0.379 e. The molecule has 17 heavy (non-hydrogen) atoms. The smallest absolute Gasteiger partial charge is 0.0598 e. The molecule has 0 bridgehead atoms. The van der Waals surface area contributed by atoms with Crippen LogP contribution < -0.4 is 5.32 Å². The fraction of sp³-hybridized carbons (Fsp3) is 0.600. The Labute approximate surface area is 104 Å². The fourth-order valence-corrected chi connectivity index (χ4v) is 2.38. The van der Waals surface area contributed by atoms with Crippen LogP contribution in [0.4, 0.5) is 0 Å². The average molecular weight is 233 g/mol. The fourth-order valence-electron chi connectivity index (χ4n) is 2.38. The Morgan fingerprint density at radius 1 is 1.18 bits per heavy atom. The molecule has 0 spiro atoms. The Morgan fingerprint density at radius 3 is 2.12 bits per heavy atom. The molecule has 1 aliphatic rings. The van der Waals surface area contributed by atoms with Gasteiger partial charge in [0.2, 0.25) is 0 Å². The zero-order valence-corrected chi connectivity index (χ0v) is 11.3. The highest BCUT2D eigenvalue weighted by molar-refractivity contribution is 5.34. The van der Waals surface area contributed by atoms with Crippen LogP contribution in [-0.4, -0.2) is 26.8 Å². The molecule has 1 aromatic rings. The van der Waals surface area contributed by atoms with Crippen molar-refractivity contribution in [3.05, 3.63) is 35.4 Å². The van der Waals surface area contributed by atoms with Crippen molar-refractivity contribution in [2.24, 2.45) is 0 Å². The lowest BCUT2D eigenvalue weighted by Crippen LogP contribution is -2.52. The molecule has 0 amide bonds. The van der Waals surface area contributed by atoms with E-state index in [1.54, 1.807) is 0 Å². The van der Waals surface area contributed by atoms with Crippen LogP contribution in [-0.2, 0) is 15.6 Å². The summed E-state index contributed by atoms with van der Waals surface area (Å²) in [5, 5.41) is 3.27. The number of ether oxygens (including phenoxy) is 1. The van der Waals surface area contributed by atoms with Crippen molar-refractivity contribution < 1.29 is 4.74 Å². The molecule has 1 heterocycles. The molecule has 1 aromatic carbocycles. The summed E-state index contributed by atoms with van der Waals surface area (Å²) < 4.78 is 5.40. The summed E-state index contributed by atoms with van der Waals surface area (Å²) >= 11 is 0. The first-order valence-corrected chi connectivity index (χ1v) is 6.31. The van der Waals surface area contributed by atoms with Gasteiger partial charge in [0.05, 0.1) is 18.6 Å². The van der Waals surface area contributed by atoms with Gasteiger partial charge in [0.1, 0.15) is 0 Å². The first-order chi connectivity index (χ1) is 7.98. The van der Waals surface area contributed by atoms with Crippen LogP contribution in [0.25, 0.3) is 0 Å². The van der Waals surface area contributed by atoms with E-state index in [0.29, 0.717) is 0 Å². The second kappa shape index (κ2) is 4.43. The first-order valence-electron chi connectivity index (χ1n) is 6.31. The Balaban J connectivity index is 2.23. The highest BCUT2D eigenvalue weighted by Crippen LogP contribution is 2.33. The van der Waals surface area contributed by atoms with E-state index in [2.05, 4.69) is 50.4 Å². The summed E-state index contributed by atoms with van der Waals surface area (Å²) in [6.45, 7) is 9.40. The molecule has 94 valence electrons. The van der Waals surface area contributed by atoms with Gasteiger partial charge in [-0.3, -0.25) is 0 Å². The summed E-state index contributed by atoms with van der Waals surface area (Å²) in [5.41, 5.74) is 3.21. The second-order valence-electron chi connectivity index (χ2n) is 6.13. The van der Waals surface area contributed by atoms with Gasteiger partial charge in [-0.1, -0.05) is 45.0 Å². The van der Waals surface area contributed by atoms with Crippen molar-refractivity contribution in [2.75, 3.05) is 26.8 Å². The molecule has 2 rings (SSSR count). The lowest BCUT2D eigenvalue weighted by atomic mass is 9.77. The van der Waals surface area contributed by atoms with Gasteiger partial charge in [0, 0.05) is 6.54 Å². The number of nitrogens with one attached hydrogen (secondary N) is 1. The maximum atomic E-state index is 5.40. The first kappa shape index (κ1) is 12.6. The number of rotatable bonds is 3. The van der Waals surface area contributed by atoms with Crippen LogP contribution in [0.15, 0.2) is 24.3 Å². The molecule has 1 N–H and O–H groups in total. The lowest BCUT2D eigenvalue weighted by molar-refractivity contribution is -0.0582. The summed E-state index contributed by atoms with van der Waals surface area (Å²) in [7, 11) is 2.00. The van der Waals surface area contributed by atoms with E-state index < -0.39 is 0 Å². The van der Waals surface area contributed by atoms with Crippen molar-refractivity contribution in [2.45, 2.75) is 31.6 Å². The minimum Gasteiger partial charge on any atom is -0.379 e. The van der Waals surface area contributed by atoms with E-state index in [0.717, 1.165) is 19.8 Å². The van der Waals surface area contributed by atoms with E-state index in [1.165, 1.54) is 11.1 Å². The van der Waals surface area contributed by atoms with Crippen molar-refractivity contribution in [1.82, 2.24) is 5.32 Å². The number of hydrogen-bond acceptors (Lipinski definition) is 2. The second-order valence-corrected chi connectivity index (χ2v) is 6.13. The maximum absolute atomic E-state index is 5.40. The average Bonchev–Trinajstić information content (AvgIpc) is 2.22. The van der Waals surface area contributed by atoms with Crippen molar-refractivity contribution in [1.29, 1.82) is 0 Å². The van der Waals surface area contributed by atoms with Gasteiger partial charge in [-0.05, 0) is 23.6 Å². The molecule has 0 unspecified atom stereocenters. The number of hydrogen-bond donors (Lipinski definition) is 1. The minimum atomic E-state index is 0.200. The van der Waals surface area contributed by atoms with Crippen LogP contribution in [0.1, 0.15) is 31.9 Å². The van der Waals surface area contributed by atoms with Crippen molar-refractivity contribution in [3.63, 3.8) is 0 Å². The highest BCUT2D eigenvalue weighted by Gasteiger charge is 2.39. The molecule has 1 saturated heterocycles. The van der Waals surface area contributed by atoms with Gasteiger partial charge in [-0.25, -0.2) is 0 Å². The van der Waals surface area contributed by atoms with Crippen molar-refractivity contribution >= 4 is 0 Å². The summed E-state index contributed by atoms with van der Waals surface area (Å²) in [4.78, 5) is 0. The highest BCUT2D eigenvalue weighted by atomic mass is 16.5. The monoisotopic (exact) mass is 233 g/mol. The Kier molecular flexibility index (Phi) is 3.28. The molecule has 1 fully saturated rings. The van der Waals surface area contributed by atoms with E-state index in [9.17, 15) is 0 Å². The maximum Gasteiger partial charge on any atom is 0.0598 e. The van der Waals surface area contributed by atoms with Gasteiger partial charge in [0.15, 0.2) is 0 Å². The predicted molar refractivity (Wildman–Crippen MR) is 71.6 cm³/mol. The molecule has 1 aliphatic heterocycles. The van der Waals surface area contributed by atoms with E-state index in [1.807, 2.05) is 7.05 Å². The van der Waals surface area contributed by atoms with Gasteiger partial charge < -0.3 is 10.1 Å². The third kappa shape index (κ3) is 2.38. The summed E-state index contributed by atoms with van der Waals surface area (Å²) in [6, 6.07) is 9.04. The predicted octanol–water partition coefficient (Wildman–Crippen LogP) is 2.47. The van der Waals surface area contributed by atoms with E-state index in [4.69, 9.17) is 4.74 Å². The van der Waals surface area contributed by atoms with Gasteiger partial charge in [-0.2, -0.15) is 0 Å². The minimum absolute atomic E-state index is 0.200. The normalized spacial score (nSPS) is 18.8. The zero-order chi connectivity index (χ0) is 12.5. The molecule has 0 aliphatic carbocycles. The van der Waals surface area contributed by atoms with Crippen LogP contribution >= 0.6 is 0 Å². The van der Waals surface area contributed by atoms with E-state index >= 15 is 0 Å². The van der Waals surface area contributed by atoms with Gasteiger partial charge in [0.25, 0.3) is 0 Å². The summed E-state index contributed by atoms with van der Waals surface area (Å²) in [6.07, 6.45) is 0.